The number of halogens is 1. The fourth-order valence-corrected chi connectivity index (χ4v) is 2.90. The van der Waals surface area contributed by atoms with Crippen molar-refractivity contribution in [2.75, 3.05) is 14.1 Å². The van der Waals surface area contributed by atoms with Gasteiger partial charge in [-0.2, -0.15) is 0 Å². The van der Waals surface area contributed by atoms with Gasteiger partial charge >= 0.3 is 0 Å². The van der Waals surface area contributed by atoms with Gasteiger partial charge in [-0.25, -0.2) is 4.39 Å². The van der Waals surface area contributed by atoms with Crippen LogP contribution in [0.15, 0.2) is 24.3 Å². The van der Waals surface area contributed by atoms with E-state index in [1.54, 1.807) is 17.0 Å². The maximum Gasteiger partial charge on any atom is 0.242 e. The lowest BCUT2D eigenvalue weighted by Crippen LogP contribution is -2.45. The second-order valence-corrected chi connectivity index (χ2v) is 6.04. The Kier molecular flexibility index (Phi) is 5.31. The average Bonchev–Trinajstić information content (AvgIpc) is 2.41. The summed E-state index contributed by atoms with van der Waals surface area (Å²) >= 11 is 0. The topological polar surface area (TPSA) is 58.4 Å². The molecule has 1 aliphatic rings. The van der Waals surface area contributed by atoms with Crippen LogP contribution in [0.2, 0.25) is 0 Å². The summed E-state index contributed by atoms with van der Waals surface area (Å²) < 4.78 is 13.4. The first kappa shape index (κ1) is 15.9. The van der Waals surface area contributed by atoms with Gasteiger partial charge in [-0.05, 0) is 57.5 Å². The summed E-state index contributed by atoms with van der Waals surface area (Å²) in [6.07, 6.45) is 3.71. The highest BCUT2D eigenvalue weighted by molar-refractivity contribution is 5.83. The first-order valence-electron chi connectivity index (χ1n) is 7.45. The Morgan fingerprint density at radius 2 is 2.00 bits per heavy atom. The summed E-state index contributed by atoms with van der Waals surface area (Å²) in [5.74, 6) is -0.401. The fourth-order valence-electron chi connectivity index (χ4n) is 2.90. The van der Waals surface area contributed by atoms with Gasteiger partial charge in [0.1, 0.15) is 11.9 Å². The van der Waals surface area contributed by atoms with Crippen molar-refractivity contribution in [1.29, 1.82) is 0 Å². The predicted molar refractivity (Wildman–Crippen MR) is 81.2 cm³/mol. The van der Waals surface area contributed by atoms with Crippen molar-refractivity contribution in [3.63, 3.8) is 0 Å². The monoisotopic (exact) mass is 293 g/mol. The lowest BCUT2D eigenvalue weighted by Gasteiger charge is -2.30. The Morgan fingerprint density at radius 3 is 2.57 bits per heavy atom. The Balaban J connectivity index is 2.06. The summed E-state index contributed by atoms with van der Waals surface area (Å²) in [6, 6.07) is 6.17. The Bertz CT molecular complexity index is 484. The van der Waals surface area contributed by atoms with Crippen molar-refractivity contribution >= 4 is 5.91 Å². The van der Waals surface area contributed by atoms with Gasteiger partial charge < -0.3 is 11.1 Å². The van der Waals surface area contributed by atoms with Gasteiger partial charge in [-0.3, -0.25) is 9.69 Å². The van der Waals surface area contributed by atoms with Crippen LogP contribution in [0.3, 0.4) is 0 Å². The molecule has 0 aromatic heterocycles. The van der Waals surface area contributed by atoms with Crippen molar-refractivity contribution in [1.82, 2.24) is 10.2 Å². The van der Waals surface area contributed by atoms with Gasteiger partial charge in [0.15, 0.2) is 0 Å². The van der Waals surface area contributed by atoms with Crippen LogP contribution in [-0.4, -0.2) is 37.0 Å². The van der Waals surface area contributed by atoms with E-state index < -0.39 is 6.04 Å². The zero-order chi connectivity index (χ0) is 15.4. The number of likely N-dealkylation sites (N-methyl/N-ethyl adjacent to an activating group) is 1. The van der Waals surface area contributed by atoms with Gasteiger partial charge in [0.2, 0.25) is 5.91 Å². The van der Waals surface area contributed by atoms with Crippen LogP contribution < -0.4 is 11.1 Å². The lowest BCUT2D eigenvalue weighted by molar-refractivity contribution is -0.126. The molecular formula is C16H24FN3O. The molecular weight excluding hydrogens is 269 g/mol. The van der Waals surface area contributed by atoms with Crippen LogP contribution in [0, 0.1) is 5.82 Å². The quantitative estimate of drug-likeness (QED) is 0.890. The minimum absolute atomic E-state index is 0.0777. The molecule has 0 heterocycles. The SMILES string of the molecule is CN(C)[C@H](C(=O)NC1CCC(N)CC1)c1cccc(F)c1. The van der Waals surface area contributed by atoms with Gasteiger partial charge in [0.05, 0.1) is 0 Å². The van der Waals surface area contributed by atoms with E-state index in [-0.39, 0.29) is 23.8 Å². The number of hydrogen-bond donors (Lipinski definition) is 2. The molecule has 1 aliphatic carbocycles. The van der Waals surface area contributed by atoms with Gasteiger partial charge in [0.25, 0.3) is 0 Å². The number of nitrogens with two attached hydrogens (primary N) is 1. The number of rotatable bonds is 4. The molecule has 3 N–H and O–H groups in total. The van der Waals surface area contributed by atoms with Crippen LogP contribution in [0.25, 0.3) is 0 Å². The van der Waals surface area contributed by atoms with E-state index in [9.17, 15) is 9.18 Å². The molecule has 2 rings (SSSR count). The molecule has 5 heteroatoms. The average molecular weight is 293 g/mol. The largest absolute Gasteiger partial charge is 0.352 e. The summed E-state index contributed by atoms with van der Waals surface area (Å²) in [7, 11) is 3.65. The molecule has 1 saturated carbocycles. The van der Waals surface area contributed by atoms with E-state index >= 15 is 0 Å². The molecule has 1 aromatic rings. The van der Waals surface area contributed by atoms with Crippen molar-refractivity contribution in [3.8, 4) is 0 Å². The zero-order valence-electron chi connectivity index (χ0n) is 12.7. The molecule has 21 heavy (non-hydrogen) atoms. The van der Waals surface area contributed by atoms with Crippen molar-refractivity contribution in [2.45, 2.75) is 43.8 Å². The number of nitrogens with zero attached hydrogens (tertiary/aromatic N) is 1. The Hall–Kier alpha value is -1.46. The van der Waals surface area contributed by atoms with Crippen LogP contribution in [0.4, 0.5) is 4.39 Å². The maximum absolute atomic E-state index is 13.4. The number of carbonyl (C=O) groups is 1. The molecule has 0 aliphatic heterocycles. The second-order valence-electron chi connectivity index (χ2n) is 6.04. The first-order valence-corrected chi connectivity index (χ1v) is 7.45. The minimum Gasteiger partial charge on any atom is -0.352 e. The molecule has 0 spiro atoms. The van der Waals surface area contributed by atoms with Crippen LogP contribution >= 0.6 is 0 Å². The van der Waals surface area contributed by atoms with Crippen molar-refractivity contribution in [2.24, 2.45) is 5.73 Å². The van der Waals surface area contributed by atoms with Gasteiger partial charge in [-0.1, -0.05) is 12.1 Å². The zero-order valence-corrected chi connectivity index (χ0v) is 12.7. The molecule has 0 radical (unpaired) electrons. The Morgan fingerprint density at radius 1 is 1.33 bits per heavy atom. The summed E-state index contributed by atoms with van der Waals surface area (Å²) in [5.41, 5.74) is 6.55. The van der Waals surface area contributed by atoms with E-state index in [2.05, 4.69) is 5.32 Å². The van der Waals surface area contributed by atoms with E-state index in [0.717, 1.165) is 25.7 Å². The number of hydrogen-bond acceptors (Lipinski definition) is 3. The number of benzene rings is 1. The third kappa shape index (κ3) is 4.25. The minimum atomic E-state index is -0.476. The third-order valence-corrected chi connectivity index (χ3v) is 4.05. The van der Waals surface area contributed by atoms with Crippen LogP contribution in [0.1, 0.15) is 37.3 Å². The fraction of sp³-hybridized carbons (Fsp3) is 0.562. The highest BCUT2D eigenvalue weighted by Gasteiger charge is 2.27. The molecule has 4 nitrogen and oxygen atoms in total. The normalized spacial score (nSPS) is 23.9. The first-order chi connectivity index (χ1) is 9.97. The summed E-state index contributed by atoms with van der Waals surface area (Å²) in [4.78, 5) is 14.3. The maximum atomic E-state index is 13.4. The van der Waals surface area contributed by atoms with Crippen LogP contribution in [0.5, 0.6) is 0 Å². The highest BCUT2D eigenvalue weighted by atomic mass is 19.1. The molecule has 116 valence electrons. The predicted octanol–water partition coefficient (Wildman–Crippen LogP) is 1.81. The lowest BCUT2D eigenvalue weighted by atomic mass is 9.91. The van der Waals surface area contributed by atoms with E-state index in [4.69, 9.17) is 5.73 Å². The van der Waals surface area contributed by atoms with Crippen LogP contribution in [-0.2, 0) is 4.79 Å². The summed E-state index contributed by atoms with van der Waals surface area (Å²) in [5, 5.41) is 3.08. The number of carbonyl (C=O) groups excluding carboxylic acids is 1. The van der Waals surface area contributed by atoms with E-state index in [1.807, 2.05) is 14.1 Å². The molecule has 0 saturated heterocycles. The second kappa shape index (κ2) is 7.00. The summed E-state index contributed by atoms with van der Waals surface area (Å²) in [6.45, 7) is 0. The number of nitrogens with one attached hydrogen (secondary N) is 1. The van der Waals surface area contributed by atoms with Gasteiger partial charge in [0, 0.05) is 12.1 Å². The standard InChI is InChI=1S/C16H24FN3O/c1-20(2)15(11-4-3-5-12(17)10-11)16(21)19-14-8-6-13(18)7-9-14/h3-5,10,13-15H,6-9,18H2,1-2H3,(H,19,21)/t13?,14?,15-/m0/s1. The molecule has 1 aromatic carbocycles. The molecule has 0 bridgehead atoms. The number of amides is 1. The highest BCUT2D eigenvalue weighted by Crippen LogP contribution is 2.22. The smallest absolute Gasteiger partial charge is 0.242 e. The molecule has 1 fully saturated rings. The third-order valence-electron chi connectivity index (χ3n) is 4.05. The van der Waals surface area contributed by atoms with E-state index in [1.165, 1.54) is 12.1 Å². The Labute approximate surface area is 125 Å². The molecule has 1 atom stereocenters. The van der Waals surface area contributed by atoms with Crippen molar-refractivity contribution < 1.29 is 9.18 Å². The van der Waals surface area contributed by atoms with Crippen molar-refractivity contribution in [3.05, 3.63) is 35.6 Å². The molecule has 1 amide bonds. The van der Waals surface area contributed by atoms with E-state index in [0.29, 0.717) is 5.56 Å². The van der Waals surface area contributed by atoms with Gasteiger partial charge in [-0.15, -0.1) is 0 Å². The molecule has 0 unspecified atom stereocenters.